The lowest BCUT2D eigenvalue weighted by Crippen LogP contribution is -2.42. The third-order valence-corrected chi connectivity index (χ3v) is 5.80. The summed E-state index contributed by atoms with van der Waals surface area (Å²) in [5.74, 6) is 0.319. The molecule has 2 fully saturated rings. The van der Waals surface area contributed by atoms with Gasteiger partial charge in [-0.3, -0.25) is 4.79 Å². The summed E-state index contributed by atoms with van der Waals surface area (Å²) in [5, 5.41) is 8.71. The van der Waals surface area contributed by atoms with E-state index >= 15 is 0 Å². The zero-order valence-electron chi connectivity index (χ0n) is 15.3. The van der Waals surface area contributed by atoms with E-state index in [0.29, 0.717) is 17.1 Å². The van der Waals surface area contributed by atoms with Crippen LogP contribution in [-0.2, 0) is 0 Å². The van der Waals surface area contributed by atoms with Gasteiger partial charge in [0.2, 0.25) is 0 Å². The van der Waals surface area contributed by atoms with Gasteiger partial charge in [-0.25, -0.2) is 4.68 Å². The molecule has 2 aromatic rings. The number of fused-ring (bicyclic) bond motifs is 2. The van der Waals surface area contributed by atoms with Crippen LogP contribution in [0.15, 0.2) is 30.5 Å². The average Bonchev–Trinajstić information content (AvgIpc) is 3.15. The van der Waals surface area contributed by atoms with Crippen molar-refractivity contribution in [2.24, 2.45) is 0 Å². The van der Waals surface area contributed by atoms with Crippen LogP contribution in [0.3, 0.4) is 0 Å². The number of aromatic nitrogens is 2. The van der Waals surface area contributed by atoms with Crippen molar-refractivity contribution in [2.75, 3.05) is 13.1 Å². The van der Waals surface area contributed by atoms with Gasteiger partial charge in [0.25, 0.3) is 5.91 Å². The number of hydrogen-bond acceptors (Lipinski definition) is 3. The summed E-state index contributed by atoms with van der Waals surface area (Å²) in [6.07, 6.45) is 4.97. The molecular weight excluding hydrogens is 348 g/mol. The second-order valence-electron chi connectivity index (χ2n) is 7.58. The highest BCUT2D eigenvalue weighted by Crippen LogP contribution is 2.32. The van der Waals surface area contributed by atoms with Gasteiger partial charge >= 0.3 is 0 Å². The SMILES string of the molecule is CC(C)c1c(C(=O)N2C3CCNCC2CC3)cnn1-c1ccc(Cl)cc1. The van der Waals surface area contributed by atoms with Crippen LogP contribution >= 0.6 is 11.6 Å². The highest BCUT2D eigenvalue weighted by atomic mass is 35.5. The Hall–Kier alpha value is -1.85. The molecule has 1 amide bonds. The van der Waals surface area contributed by atoms with Crippen molar-refractivity contribution < 1.29 is 4.79 Å². The molecule has 2 aliphatic heterocycles. The van der Waals surface area contributed by atoms with Crippen LogP contribution in [0.25, 0.3) is 5.69 Å². The topological polar surface area (TPSA) is 50.2 Å². The van der Waals surface area contributed by atoms with Crippen molar-refractivity contribution >= 4 is 17.5 Å². The van der Waals surface area contributed by atoms with Crippen molar-refractivity contribution in [1.29, 1.82) is 0 Å². The van der Waals surface area contributed by atoms with Gasteiger partial charge in [-0.1, -0.05) is 25.4 Å². The summed E-state index contributed by atoms with van der Waals surface area (Å²) in [6, 6.07) is 8.23. The van der Waals surface area contributed by atoms with Crippen LogP contribution in [0.2, 0.25) is 5.02 Å². The Labute approximate surface area is 159 Å². The summed E-state index contributed by atoms with van der Waals surface area (Å²) in [4.78, 5) is 15.6. The summed E-state index contributed by atoms with van der Waals surface area (Å²) in [6.45, 7) is 6.11. The summed E-state index contributed by atoms with van der Waals surface area (Å²) >= 11 is 6.02. The number of amides is 1. The van der Waals surface area contributed by atoms with Gasteiger partial charge in [-0.2, -0.15) is 5.10 Å². The molecule has 0 aliphatic carbocycles. The molecule has 6 heteroatoms. The first-order chi connectivity index (χ1) is 12.6. The molecule has 2 aliphatic rings. The number of halogens is 1. The van der Waals surface area contributed by atoms with Crippen LogP contribution in [0.4, 0.5) is 0 Å². The predicted molar refractivity (Wildman–Crippen MR) is 103 cm³/mol. The molecule has 5 nitrogen and oxygen atoms in total. The Morgan fingerprint density at radius 3 is 2.65 bits per heavy atom. The van der Waals surface area contributed by atoms with E-state index in [1.165, 1.54) is 0 Å². The molecule has 2 bridgehead atoms. The van der Waals surface area contributed by atoms with Crippen LogP contribution in [-0.4, -0.2) is 45.8 Å². The second kappa shape index (κ2) is 7.05. The van der Waals surface area contributed by atoms with E-state index in [-0.39, 0.29) is 11.8 Å². The van der Waals surface area contributed by atoms with Gasteiger partial charge in [0, 0.05) is 23.7 Å². The van der Waals surface area contributed by atoms with E-state index in [0.717, 1.165) is 49.3 Å². The zero-order valence-corrected chi connectivity index (χ0v) is 16.0. The summed E-state index contributed by atoms with van der Waals surface area (Å²) in [7, 11) is 0. The lowest BCUT2D eigenvalue weighted by Gasteiger charge is -2.28. The summed E-state index contributed by atoms with van der Waals surface area (Å²) < 4.78 is 1.88. The number of nitrogens with one attached hydrogen (secondary N) is 1. The molecule has 3 heterocycles. The average molecular weight is 373 g/mol. The first kappa shape index (κ1) is 17.6. The molecule has 4 rings (SSSR count). The maximum atomic E-state index is 13.5. The van der Waals surface area contributed by atoms with Gasteiger partial charge in [0.05, 0.1) is 23.1 Å². The standard InChI is InChI=1S/C20H25ClN4O/c1-13(2)19-18(12-23-25(19)16-5-3-14(21)4-6-16)20(26)24-15-7-8-17(24)11-22-10-9-15/h3-6,12-13,15,17,22H,7-11H2,1-2H3. The second-order valence-corrected chi connectivity index (χ2v) is 8.01. The van der Waals surface area contributed by atoms with Gasteiger partial charge in [-0.05, 0) is 56.0 Å². The van der Waals surface area contributed by atoms with E-state index < -0.39 is 0 Å². The molecule has 1 aromatic carbocycles. The van der Waals surface area contributed by atoms with Gasteiger partial charge < -0.3 is 10.2 Å². The van der Waals surface area contributed by atoms with Crippen molar-refractivity contribution in [3.63, 3.8) is 0 Å². The molecule has 0 spiro atoms. The van der Waals surface area contributed by atoms with E-state index in [2.05, 4.69) is 29.2 Å². The molecule has 2 atom stereocenters. The molecule has 2 unspecified atom stereocenters. The number of benzene rings is 1. The molecule has 0 radical (unpaired) electrons. The fourth-order valence-corrected chi connectivity index (χ4v) is 4.45. The molecule has 138 valence electrons. The fraction of sp³-hybridized carbons (Fsp3) is 0.500. The number of rotatable bonds is 3. The molecule has 1 aromatic heterocycles. The molecule has 2 saturated heterocycles. The maximum absolute atomic E-state index is 13.5. The third-order valence-electron chi connectivity index (χ3n) is 5.54. The Bertz CT molecular complexity index is 785. The van der Waals surface area contributed by atoms with Crippen LogP contribution < -0.4 is 5.32 Å². The molecule has 0 saturated carbocycles. The zero-order chi connectivity index (χ0) is 18.3. The maximum Gasteiger partial charge on any atom is 0.257 e. The van der Waals surface area contributed by atoms with E-state index in [1.54, 1.807) is 6.20 Å². The monoisotopic (exact) mass is 372 g/mol. The highest BCUT2D eigenvalue weighted by molar-refractivity contribution is 6.30. The minimum atomic E-state index is 0.130. The van der Waals surface area contributed by atoms with E-state index in [1.807, 2.05) is 28.9 Å². The van der Waals surface area contributed by atoms with Crippen molar-refractivity contribution in [1.82, 2.24) is 20.0 Å². The number of carbonyl (C=O) groups excluding carboxylic acids is 1. The number of nitrogens with zero attached hydrogens (tertiary/aromatic N) is 3. The molecular formula is C20H25ClN4O. The Kier molecular flexibility index (Phi) is 4.76. The van der Waals surface area contributed by atoms with Crippen LogP contribution in [0, 0.1) is 0 Å². The number of carbonyl (C=O) groups is 1. The Morgan fingerprint density at radius 1 is 1.19 bits per heavy atom. The molecule has 1 N–H and O–H groups in total. The van der Waals surface area contributed by atoms with Crippen LogP contribution in [0.5, 0.6) is 0 Å². The van der Waals surface area contributed by atoms with Gasteiger partial charge in [0.15, 0.2) is 0 Å². The lowest BCUT2D eigenvalue weighted by molar-refractivity contribution is 0.0678. The van der Waals surface area contributed by atoms with Crippen molar-refractivity contribution in [3.8, 4) is 5.69 Å². The smallest absolute Gasteiger partial charge is 0.257 e. The first-order valence-corrected chi connectivity index (χ1v) is 9.81. The lowest BCUT2D eigenvalue weighted by atomic mass is 10.0. The fourth-order valence-electron chi connectivity index (χ4n) is 4.32. The molecule has 26 heavy (non-hydrogen) atoms. The Balaban J connectivity index is 1.72. The Morgan fingerprint density at radius 2 is 1.92 bits per heavy atom. The van der Waals surface area contributed by atoms with E-state index in [4.69, 9.17) is 11.6 Å². The highest BCUT2D eigenvalue weighted by Gasteiger charge is 2.39. The van der Waals surface area contributed by atoms with Crippen molar-refractivity contribution in [3.05, 3.63) is 46.7 Å². The normalized spacial score (nSPS) is 22.7. The third kappa shape index (κ3) is 3.03. The largest absolute Gasteiger partial charge is 0.331 e. The van der Waals surface area contributed by atoms with Gasteiger partial charge in [0.1, 0.15) is 0 Å². The minimum Gasteiger partial charge on any atom is -0.331 e. The predicted octanol–water partition coefficient (Wildman–Crippen LogP) is 3.62. The van der Waals surface area contributed by atoms with Crippen LogP contribution in [0.1, 0.15) is 55.1 Å². The quantitative estimate of drug-likeness (QED) is 0.895. The summed E-state index contributed by atoms with van der Waals surface area (Å²) in [5.41, 5.74) is 2.63. The minimum absolute atomic E-state index is 0.130. The number of hydrogen-bond donors (Lipinski definition) is 1. The van der Waals surface area contributed by atoms with E-state index in [9.17, 15) is 4.79 Å². The van der Waals surface area contributed by atoms with Gasteiger partial charge in [-0.15, -0.1) is 0 Å². The van der Waals surface area contributed by atoms with Crippen molar-refractivity contribution in [2.45, 2.75) is 51.1 Å². The first-order valence-electron chi connectivity index (χ1n) is 9.43.